The highest BCUT2D eigenvalue weighted by Crippen LogP contribution is 2.25. The van der Waals surface area contributed by atoms with Gasteiger partial charge in [-0.25, -0.2) is 4.79 Å². The predicted molar refractivity (Wildman–Crippen MR) is 72.8 cm³/mol. The Balaban J connectivity index is 2.29. The summed E-state index contributed by atoms with van der Waals surface area (Å²) in [5.41, 5.74) is 0.666. The number of carboxylic acids is 1. The number of aliphatic carboxylic acids is 1. The number of nitro benzene ring substituents is 1. The summed E-state index contributed by atoms with van der Waals surface area (Å²) in [7, 11) is 0. The molecule has 1 N–H and O–H groups in total. The second-order valence-electron chi connectivity index (χ2n) is 4.39. The van der Waals surface area contributed by atoms with Gasteiger partial charge >= 0.3 is 5.97 Å². The molecular weight excluding hydrogens is 284 g/mol. The van der Waals surface area contributed by atoms with Crippen molar-refractivity contribution >= 4 is 29.3 Å². The number of hydrogen-bond donors (Lipinski definition) is 1. The Morgan fingerprint density at radius 2 is 2.20 bits per heavy atom. The first-order chi connectivity index (χ1) is 9.41. The molecule has 0 unspecified atom stereocenters. The molecule has 1 amide bonds. The van der Waals surface area contributed by atoms with Crippen LogP contribution in [0, 0.1) is 17.0 Å². The third kappa shape index (κ3) is 2.60. The van der Waals surface area contributed by atoms with Gasteiger partial charge in [0.25, 0.3) is 11.6 Å². The third-order valence-electron chi connectivity index (χ3n) is 3.08. The van der Waals surface area contributed by atoms with E-state index in [4.69, 9.17) is 5.11 Å². The summed E-state index contributed by atoms with van der Waals surface area (Å²) in [5.74, 6) is -0.781. The zero-order chi connectivity index (χ0) is 14.9. The molecule has 0 aromatic heterocycles. The molecule has 106 valence electrons. The number of thioether (sulfide) groups is 1. The van der Waals surface area contributed by atoms with Crippen molar-refractivity contribution in [2.45, 2.75) is 13.0 Å². The first-order valence-electron chi connectivity index (χ1n) is 5.78. The van der Waals surface area contributed by atoms with E-state index in [0.717, 1.165) is 0 Å². The van der Waals surface area contributed by atoms with Gasteiger partial charge in [0.05, 0.1) is 10.8 Å². The van der Waals surface area contributed by atoms with Crippen LogP contribution in [0.25, 0.3) is 0 Å². The van der Waals surface area contributed by atoms with Crippen LogP contribution in [0.5, 0.6) is 0 Å². The first-order valence-corrected chi connectivity index (χ1v) is 6.94. The molecule has 1 aromatic rings. The molecule has 20 heavy (non-hydrogen) atoms. The maximum atomic E-state index is 12.3. The largest absolute Gasteiger partial charge is 0.480 e. The van der Waals surface area contributed by atoms with Crippen LogP contribution in [-0.2, 0) is 4.79 Å². The molecule has 1 heterocycles. The number of benzene rings is 1. The molecule has 8 heteroatoms. The highest BCUT2D eigenvalue weighted by atomic mass is 32.2. The maximum Gasteiger partial charge on any atom is 0.327 e. The topological polar surface area (TPSA) is 101 Å². The van der Waals surface area contributed by atoms with Crippen molar-refractivity contribution in [3.63, 3.8) is 0 Å². The number of amides is 1. The first kappa shape index (κ1) is 14.3. The standard InChI is InChI=1S/C12H12N2O5S/c1-7-4-8(14(18)19)2-3-9(7)11(15)13-6-20-5-10(13)12(16)17/h2-4,10H,5-6H2,1H3,(H,16,17)/t10-/m0/s1. The van der Waals surface area contributed by atoms with E-state index >= 15 is 0 Å². The van der Waals surface area contributed by atoms with Crippen molar-refractivity contribution in [2.24, 2.45) is 0 Å². The molecule has 7 nitrogen and oxygen atoms in total. The van der Waals surface area contributed by atoms with Gasteiger partial charge in [0, 0.05) is 23.4 Å². The number of non-ortho nitro benzene ring substituents is 1. The van der Waals surface area contributed by atoms with Gasteiger partial charge in [0.2, 0.25) is 0 Å². The summed E-state index contributed by atoms with van der Waals surface area (Å²) in [4.78, 5) is 34.8. The maximum absolute atomic E-state index is 12.3. The molecule has 1 saturated heterocycles. The second-order valence-corrected chi connectivity index (χ2v) is 5.38. The Kier molecular flexibility index (Phi) is 3.93. The van der Waals surface area contributed by atoms with Crippen LogP contribution in [0.15, 0.2) is 18.2 Å². The number of rotatable bonds is 3. The molecule has 0 spiro atoms. The van der Waals surface area contributed by atoms with Gasteiger partial charge in [0.1, 0.15) is 6.04 Å². The average Bonchev–Trinajstić information content (AvgIpc) is 2.87. The molecule has 1 atom stereocenters. The monoisotopic (exact) mass is 296 g/mol. The average molecular weight is 296 g/mol. The quantitative estimate of drug-likeness (QED) is 0.670. The minimum absolute atomic E-state index is 0.0929. The van der Waals surface area contributed by atoms with Crippen molar-refractivity contribution in [3.8, 4) is 0 Å². The summed E-state index contributed by atoms with van der Waals surface area (Å²) in [6, 6.07) is 3.09. The van der Waals surface area contributed by atoms with E-state index in [-0.39, 0.29) is 5.69 Å². The van der Waals surface area contributed by atoms with E-state index in [9.17, 15) is 19.7 Å². The van der Waals surface area contributed by atoms with Gasteiger partial charge in [-0.05, 0) is 18.6 Å². The summed E-state index contributed by atoms with van der Waals surface area (Å²) in [6.45, 7) is 1.60. The van der Waals surface area contributed by atoms with Crippen molar-refractivity contribution < 1.29 is 19.6 Å². The highest BCUT2D eigenvalue weighted by Gasteiger charge is 2.35. The van der Waals surface area contributed by atoms with Crippen molar-refractivity contribution in [2.75, 3.05) is 11.6 Å². The van der Waals surface area contributed by atoms with Crippen LogP contribution in [0.2, 0.25) is 0 Å². The SMILES string of the molecule is Cc1cc([N+](=O)[O-])ccc1C(=O)N1CSC[C@H]1C(=O)O. The van der Waals surface area contributed by atoms with Crippen molar-refractivity contribution in [1.29, 1.82) is 0 Å². The van der Waals surface area contributed by atoms with E-state index in [2.05, 4.69) is 0 Å². The van der Waals surface area contributed by atoms with Crippen LogP contribution in [0.1, 0.15) is 15.9 Å². The minimum atomic E-state index is -1.04. The minimum Gasteiger partial charge on any atom is -0.480 e. The number of carbonyl (C=O) groups excluding carboxylic acids is 1. The van der Waals surface area contributed by atoms with E-state index in [0.29, 0.717) is 22.8 Å². The summed E-state index contributed by atoms with van der Waals surface area (Å²) >= 11 is 1.37. The lowest BCUT2D eigenvalue weighted by molar-refractivity contribution is -0.384. The van der Waals surface area contributed by atoms with Crippen LogP contribution in [0.4, 0.5) is 5.69 Å². The predicted octanol–water partition coefficient (Wildman–Crippen LogP) is 1.50. The molecule has 1 aromatic carbocycles. The lowest BCUT2D eigenvalue weighted by atomic mass is 10.1. The molecular formula is C12H12N2O5S. The normalized spacial score (nSPS) is 18.1. The van der Waals surface area contributed by atoms with E-state index in [1.807, 2.05) is 0 Å². The Morgan fingerprint density at radius 3 is 2.75 bits per heavy atom. The smallest absolute Gasteiger partial charge is 0.327 e. The van der Waals surface area contributed by atoms with E-state index < -0.39 is 22.8 Å². The molecule has 1 aliphatic rings. The Hall–Kier alpha value is -2.09. The van der Waals surface area contributed by atoms with E-state index in [1.54, 1.807) is 6.92 Å². The lowest BCUT2D eigenvalue weighted by Gasteiger charge is -2.21. The molecule has 0 saturated carbocycles. The summed E-state index contributed by atoms with van der Waals surface area (Å²) in [5, 5.41) is 19.7. The van der Waals surface area contributed by atoms with E-state index in [1.165, 1.54) is 34.9 Å². The lowest BCUT2D eigenvalue weighted by Crippen LogP contribution is -2.42. The summed E-state index contributed by atoms with van der Waals surface area (Å²) in [6.07, 6.45) is 0. The van der Waals surface area contributed by atoms with Gasteiger partial charge in [-0.2, -0.15) is 0 Å². The molecule has 0 radical (unpaired) electrons. The molecule has 0 bridgehead atoms. The number of aryl methyl sites for hydroxylation is 1. The fourth-order valence-electron chi connectivity index (χ4n) is 2.00. The van der Waals surface area contributed by atoms with Gasteiger partial charge in [-0.3, -0.25) is 14.9 Å². The van der Waals surface area contributed by atoms with Gasteiger partial charge < -0.3 is 10.0 Å². The Labute approximate surface area is 118 Å². The molecule has 2 rings (SSSR count). The van der Waals surface area contributed by atoms with Crippen LogP contribution < -0.4 is 0 Å². The van der Waals surface area contributed by atoms with Crippen LogP contribution in [-0.4, -0.2) is 44.5 Å². The van der Waals surface area contributed by atoms with Crippen LogP contribution >= 0.6 is 11.8 Å². The zero-order valence-corrected chi connectivity index (χ0v) is 11.4. The number of carboxylic acid groups (broad SMARTS) is 1. The number of carbonyl (C=O) groups is 2. The van der Waals surface area contributed by atoms with Gasteiger partial charge in [-0.15, -0.1) is 11.8 Å². The van der Waals surface area contributed by atoms with Crippen molar-refractivity contribution in [1.82, 2.24) is 4.90 Å². The number of hydrogen-bond acceptors (Lipinski definition) is 5. The zero-order valence-electron chi connectivity index (χ0n) is 10.6. The molecule has 1 aliphatic heterocycles. The van der Waals surface area contributed by atoms with Gasteiger partial charge in [0.15, 0.2) is 0 Å². The Bertz CT molecular complexity index is 589. The number of nitrogens with zero attached hydrogens (tertiary/aromatic N) is 2. The fraction of sp³-hybridized carbons (Fsp3) is 0.333. The highest BCUT2D eigenvalue weighted by molar-refractivity contribution is 7.99. The molecule has 0 aliphatic carbocycles. The molecule has 1 fully saturated rings. The summed E-state index contributed by atoms with van der Waals surface area (Å²) < 4.78 is 0. The fourth-order valence-corrected chi connectivity index (χ4v) is 3.15. The second kappa shape index (κ2) is 5.49. The number of nitro groups is 1. The van der Waals surface area contributed by atoms with Gasteiger partial charge in [-0.1, -0.05) is 0 Å². The third-order valence-corrected chi connectivity index (χ3v) is 4.09. The van der Waals surface area contributed by atoms with Crippen LogP contribution in [0.3, 0.4) is 0 Å². The Morgan fingerprint density at radius 1 is 1.50 bits per heavy atom. The van der Waals surface area contributed by atoms with Crippen molar-refractivity contribution in [3.05, 3.63) is 39.4 Å².